The van der Waals surface area contributed by atoms with Crippen LogP contribution in [0.3, 0.4) is 0 Å². The minimum Gasteiger partial charge on any atom is -0.315 e. The summed E-state index contributed by atoms with van der Waals surface area (Å²) in [5.74, 6) is -0.251. The molecule has 0 spiro atoms. The predicted molar refractivity (Wildman–Crippen MR) is 70.9 cm³/mol. The highest BCUT2D eigenvalue weighted by Crippen LogP contribution is 2.18. The van der Waals surface area contributed by atoms with Gasteiger partial charge in [-0.1, -0.05) is 24.6 Å². The van der Waals surface area contributed by atoms with Crippen molar-refractivity contribution in [1.82, 2.24) is 10.6 Å². The van der Waals surface area contributed by atoms with Crippen molar-refractivity contribution in [3.05, 3.63) is 34.6 Å². The molecule has 0 aliphatic rings. The van der Waals surface area contributed by atoms with Gasteiger partial charge in [-0.25, -0.2) is 4.39 Å². The molecule has 1 rings (SSSR count). The van der Waals surface area contributed by atoms with Gasteiger partial charge in [0.15, 0.2) is 0 Å². The summed E-state index contributed by atoms with van der Waals surface area (Å²) in [6.07, 6.45) is 1.12. The molecule has 4 heteroatoms. The van der Waals surface area contributed by atoms with E-state index in [2.05, 4.69) is 24.5 Å². The van der Waals surface area contributed by atoms with E-state index in [-0.39, 0.29) is 11.9 Å². The number of rotatable bonds is 7. The highest BCUT2D eigenvalue weighted by Gasteiger charge is 2.08. The number of benzene rings is 1. The maximum Gasteiger partial charge on any atom is 0.129 e. The molecule has 96 valence electrons. The van der Waals surface area contributed by atoms with Crippen LogP contribution < -0.4 is 10.6 Å². The summed E-state index contributed by atoms with van der Waals surface area (Å²) in [5.41, 5.74) is 0.538. The highest BCUT2D eigenvalue weighted by molar-refractivity contribution is 6.31. The Kier molecular flexibility index (Phi) is 6.48. The second kappa shape index (κ2) is 7.64. The van der Waals surface area contributed by atoms with Gasteiger partial charge in [0.05, 0.1) is 0 Å². The lowest BCUT2D eigenvalue weighted by Gasteiger charge is -2.15. The van der Waals surface area contributed by atoms with E-state index >= 15 is 0 Å². The van der Waals surface area contributed by atoms with Crippen LogP contribution in [-0.4, -0.2) is 19.1 Å². The predicted octanol–water partition coefficient (Wildman–Crippen LogP) is 2.96. The average Bonchev–Trinajstić information content (AvgIpc) is 2.29. The van der Waals surface area contributed by atoms with E-state index in [0.717, 1.165) is 19.5 Å². The number of halogens is 2. The maximum absolute atomic E-state index is 13.5. The van der Waals surface area contributed by atoms with Gasteiger partial charge in [-0.3, -0.25) is 0 Å². The normalized spacial score (nSPS) is 12.7. The molecule has 0 saturated carbocycles. The molecule has 0 bridgehead atoms. The quantitative estimate of drug-likeness (QED) is 0.735. The Labute approximate surface area is 108 Å². The van der Waals surface area contributed by atoms with E-state index in [0.29, 0.717) is 17.1 Å². The number of hydrogen-bond donors (Lipinski definition) is 2. The Morgan fingerprint density at radius 2 is 2.18 bits per heavy atom. The van der Waals surface area contributed by atoms with Crippen LogP contribution >= 0.6 is 11.6 Å². The van der Waals surface area contributed by atoms with Crippen LogP contribution in [0.2, 0.25) is 5.02 Å². The summed E-state index contributed by atoms with van der Waals surface area (Å²) >= 11 is 5.94. The topological polar surface area (TPSA) is 24.1 Å². The van der Waals surface area contributed by atoms with Gasteiger partial charge in [-0.15, -0.1) is 0 Å². The van der Waals surface area contributed by atoms with E-state index in [1.54, 1.807) is 12.1 Å². The molecule has 0 aliphatic heterocycles. The van der Waals surface area contributed by atoms with Crippen LogP contribution in [-0.2, 0) is 6.54 Å². The van der Waals surface area contributed by atoms with Crippen molar-refractivity contribution < 1.29 is 4.39 Å². The van der Waals surface area contributed by atoms with Gasteiger partial charge in [0, 0.05) is 29.7 Å². The molecule has 0 heterocycles. The van der Waals surface area contributed by atoms with E-state index in [4.69, 9.17) is 11.6 Å². The van der Waals surface area contributed by atoms with E-state index in [9.17, 15) is 4.39 Å². The van der Waals surface area contributed by atoms with Crippen molar-refractivity contribution in [3.63, 3.8) is 0 Å². The van der Waals surface area contributed by atoms with Crippen LogP contribution in [0.25, 0.3) is 0 Å². The zero-order valence-corrected chi connectivity index (χ0v) is 11.1. The summed E-state index contributed by atoms with van der Waals surface area (Å²) in [6, 6.07) is 5.05. The Bertz CT molecular complexity index is 324. The fourth-order valence-corrected chi connectivity index (χ4v) is 1.77. The van der Waals surface area contributed by atoms with E-state index in [1.807, 2.05) is 0 Å². The van der Waals surface area contributed by atoms with Gasteiger partial charge in [-0.2, -0.15) is 0 Å². The monoisotopic (exact) mass is 258 g/mol. The van der Waals surface area contributed by atoms with Crippen molar-refractivity contribution in [2.24, 2.45) is 0 Å². The fourth-order valence-electron chi connectivity index (χ4n) is 1.55. The first kappa shape index (κ1) is 14.4. The summed E-state index contributed by atoms with van der Waals surface area (Å²) in [4.78, 5) is 0. The van der Waals surface area contributed by atoms with Crippen molar-refractivity contribution in [3.8, 4) is 0 Å². The van der Waals surface area contributed by atoms with Crippen LogP contribution in [0.1, 0.15) is 25.8 Å². The van der Waals surface area contributed by atoms with Gasteiger partial charge in [0.1, 0.15) is 5.82 Å². The molecule has 0 saturated heterocycles. The highest BCUT2D eigenvalue weighted by atomic mass is 35.5. The van der Waals surface area contributed by atoms with Gasteiger partial charge in [-0.05, 0) is 32.0 Å². The SMILES string of the molecule is CCCNCC(C)NCc1c(F)cccc1Cl. The first-order valence-corrected chi connectivity index (χ1v) is 6.40. The third-order valence-electron chi connectivity index (χ3n) is 2.57. The molecule has 0 aromatic heterocycles. The summed E-state index contributed by atoms with van der Waals surface area (Å²) < 4.78 is 13.5. The molecular weight excluding hydrogens is 239 g/mol. The largest absolute Gasteiger partial charge is 0.315 e. The zero-order chi connectivity index (χ0) is 12.7. The lowest BCUT2D eigenvalue weighted by Crippen LogP contribution is -2.36. The van der Waals surface area contributed by atoms with E-state index < -0.39 is 0 Å². The van der Waals surface area contributed by atoms with Gasteiger partial charge >= 0.3 is 0 Å². The molecule has 0 amide bonds. The van der Waals surface area contributed by atoms with Crippen LogP contribution in [0, 0.1) is 5.82 Å². The Hall–Kier alpha value is -0.640. The second-order valence-electron chi connectivity index (χ2n) is 4.19. The minimum absolute atomic E-state index is 0.251. The molecular formula is C13H20ClFN2. The third-order valence-corrected chi connectivity index (χ3v) is 2.92. The Balaban J connectivity index is 2.39. The minimum atomic E-state index is -0.251. The average molecular weight is 259 g/mol. The lowest BCUT2D eigenvalue weighted by atomic mass is 10.2. The van der Waals surface area contributed by atoms with Crippen molar-refractivity contribution in [1.29, 1.82) is 0 Å². The van der Waals surface area contributed by atoms with Gasteiger partial charge < -0.3 is 10.6 Å². The van der Waals surface area contributed by atoms with Crippen molar-refractivity contribution in [2.75, 3.05) is 13.1 Å². The molecule has 1 aromatic rings. The lowest BCUT2D eigenvalue weighted by molar-refractivity contribution is 0.492. The van der Waals surface area contributed by atoms with Crippen molar-refractivity contribution >= 4 is 11.6 Å². The second-order valence-corrected chi connectivity index (χ2v) is 4.59. The molecule has 0 radical (unpaired) electrons. The number of hydrogen-bond acceptors (Lipinski definition) is 2. The van der Waals surface area contributed by atoms with Gasteiger partial charge in [0.2, 0.25) is 0 Å². The molecule has 1 aromatic carbocycles. The zero-order valence-electron chi connectivity index (χ0n) is 10.4. The molecule has 2 nitrogen and oxygen atoms in total. The molecule has 0 fully saturated rings. The summed E-state index contributed by atoms with van der Waals surface area (Å²) in [7, 11) is 0. The standard InChI is InChI=1S/C13H20ClFN2/c1-3-7-16-8-10(2)17-9-11-12(14)5-4-6-13(11)15/h4-6,10,16-17H,3,7-9H2,1-2H3. The molecule has 17 heavy (non-hydrogen) atoms. The first-order chi connectivity index (χ1) is 8.15. The third kappa shape index (κ3) is 5.02. The van der Waals surface area contributed by atoms with E-state index in [1.165, 1.54) is 6.07 Å². The van der Waals surface area contributed by atoms with Crippen molar-refractivity contribution in [2.45, 2.75) is 32.9 Å². The molecule has 0 aliphatic carbocycles. The van der Waals surface area contributed by atoms with Crippen LogP contribution in [0.4, 0.5) is 4.39 Å². The first-order valence-electron chi connectivity index (χ1n) is 6.02. The summed E-state index contributed by atoms with van der Waals surface area (Å²) in [6.45, 7) is 6.54. The maximum atomic E-state index is 13.5. The van der Waals surface area contributed by atoms with Crippen LogP contribution in [0.15, 0.2) is 18.2 Å². The summed E-state index contributed by atoms with van der Waals surface area (Å²) in [5, 5.41) is 7.04. The Morgan fingerprint density at radius 1 is 1.41 bits per heavy atom. The number of nitrogens with one attached hydrogen (secondary N) is 2. The molecule has 1 unspecified atom stereocenters. The van der Waals surface area contributed by atoms with Gasteiger partial charge in [0.25, 0.3) is 0 Å². The molecule has 1 atom stereocenters. The smallest absolute Gasteiger partial charge is 0.129 e. The molecule has 2 N–H and O–H groups in total. The Morgan fingerprint density at radius 3 is 2.82 bits per heavy atom. The fraction of sp³-hybridized carbons (Fsp3) is 0.538. The van der Waals surface area contributed by atoms with Crippen LogP contribution in [0.5, 0.6) is 0 Å².